The highest BCUT2D eigenvalue weighted by atomic mass is 16.5. The molecule has 0 aliphatic carbocycles. The molecule has 0 bridgehead atoms. The molecule has 0 saturated carbocycles. The number of methoxy groups -OCH3 is 2. The van der Waals surface area contributed by atoms with Crippen LogP contribution >= 0.6 is 0 Å². The van der Waals surface area contributed by atoms with Gasteiger partial charge in [-0.15, -0.1) is 0 Å². The lowest BCUT2D eigenvalue weighted by Gasteiger charge is -2.27. The number of nitrogens with zero attached hydrogens (tertiary/aromatic N) is 2. The highest BCUT2D eigenvalue weighted by Gasteiger charge is 2.22. The van der Waals surface area contributed by atoms with Crippen molar-refractivity contribution < 1.29 is 14.2 Å². The van der Waals surface area contributed by atoms with Crippen LogP contribution in [0.2, 0.25) is 0 Å². The SMILES string of the molecule is COc1cccc(CN(Cc2cccc3cccnc23)CC2CCCO2)c1OC. The van der Waals surface area contributed by atoms with Crippen LogP contribution in [-0.2, 0) is 17.8 Å². The summed E-state index contributed by atoms with van der Waals surface area (Å²) in [5.41, 5.74) is 3.39. The van der Waals surface area contributed by atoms with Crippen LogP contribution in [0.15, 0.2) is 54.7 Å². The minimum absolute atomic E-state index is 0.273. The van der Waals surface area contributed by atoms with Gasteiger partial charge < -0.3 is 14.2 Å². The molecule has 2 heterocycles. The van der Waals surface area contributed by atoms with Crippen molar-refractivity contribution in [3.05, 3.63) is 65.9 Å². The van der Waals surface area contributed by atoms with E-state index in [1.54, 1.807) is 14.2 Å². The molecule has 1 fully saturated rings. The number of aromatic nitrogens is 1. The summed E-state index contributed by atoms with van der Waals surface area (Å²) < 4.78 is 17.1. The molecule has 1 saturated heterocycles. The molecule has 1 aliphatic heterocycles. The first-order chi connectivity index (χ1) is 14.3. The van der Waals surface area contributed by atoms with E-state index in [4.69, 9.17) is 14.2 Å². The van der Waals surface area contributed by atoms with Crippen LogP contribution in [-0.4, -0.2) is 43.4 Å². The Balaban J connectivity index is 1.63. The van der Waals surface area contributed by atoms with E-state index in [2.05, 4.69) is 40.2 Å². The average molecular weight is 392 g/mol. The predicted octanol–water partition coefficient (Wildman–Crippen LogP) is 4.43. The fourth-order valence-electron chi connectivity index (χ4n) is 4.12. The van der Waals surface area contributed by atoms with Crippen LogP contribution in [0.5, 0.6) is 11.5 Å². The van der Waals surface area contributed by atoms with Crippen LogP contribution in [0.3, 0.4) is 0 Å². The maximum atomic E-state index is 5.93. The molecule has 1 atom stereocenters. The zero-order valence-corrected chi connectivity index (χ0v) is 17.1. The number of fused-ring (bicyclic) bond motifs is 1. The van der Waals surface area contributed by atoms with Crippen molar-refractivity contribution in [1.29, 1.82) is 0 Å². The van der Waals surface area contributed by atoms with Gasteiger partial charge in [0.1, 0.15) is 0 Å². The Morgan fingerprint density at radius 3 is 2.59 bits per heavy atom. The van der Waals surface area contributed by atoms with Crippen molar-refractivity contribution in [2.24, 2.45) is 0 Å². The summed E-state index contributed by atoms with van der Waals surface area (Å²) >= 11 is 0. The monoisotopic (exact) mass is 392 g/mol. The molecule has 3 aromatic rings. The van der Waals surface area contributed by atoms with Crippen molar-refractivity contribution in [3.63, 3.8) is 0 Å². The molecule has 0 spiro atoms. The van der Waals surface area contributed by atoms with Gasteiger partial charge >= 0.3 is 0 Å². The highest BCUT2D eigenvalue weighted by Crippen LogP contribution is 2.32. The second-order valence-electron chi connectivity index (χ2n) is 7.45. The van der Waals surface area contributed by atoms with Gasteiger partial charge in [-0.1, -0.05) is 36.4 Å². The molecule has 4 rings (SSSR count). The van der Waals surface area contributed by atoms with Gasteiger partial charge in [0.25, 0.3) is 0 Å². The van der Waals surface area contributed by atoms with E-state index >= 15 is 0 Å². The summed E-state index contributed by atoms with van der Waals surface area (Å²) in [6, 6.07) is 16.5. The molecular weight excluding hydrogens is 364 g/mol. The van der Waals surface area contributed by atoms with E-state index in [9.17, 15) is 0 Å². The zero-order chi connectivity index (χ0) is 20.1. The molecule has 1 unspecified atom stereocenters. The van der Waals surface area contributed by atoms with Gasteiger partial charge in [-0.3, -0.25) is 9.88 Å². The first-order valence-electron chi connectivity index (χ1n) is 10.1. The molecule has 29 heavy (non-hydrogen) atoms. The van der Waals surface area contributed by atoms with Crippen molar-refractivity contribution in [2.75, 3.05) is 27.4 Å². The Bertz CT molecular complexity index is 949. The van der Waals surface area contributed by atoms with Crippen LogP contribution in [0.1, 0.15) is 24.0 Å². The first-order valence-corrected chi connectivity index (χ1v) is 10.1. The predicted molar refractivity (Wildman–Crippen MR) is 114 cm³/mol. The van der Waals surface area contributed by atoms with Crippen molar-refractivity contribution in [3.8, 4) is 11.5 Å². The third-order valence-electron chi connectivity index (χ3n) is 5.47. The summed E-state index contributed by atoms with van der Waals surface area (Å²) in [6.45, 7) is 3.29. The first kappa shape index (κ1) is 19.7. The van der Waals surface area contributed by atoms with E-state index in [-0.39, 0.29) is 6.10 Å². The lowest BCUT2D eigenvalue weighted by atomic mass is 10.1. The van der Waals surface area contributed by atoms with Gasteiger partial charge in [0, 0.05) is 43.4 Å². The average Bonchev–Trinajstić information content (AvgIpc) is 3.27. The normalized spacial score (nSPS) is 16.4. The Hall–Kier alpha value is -2.63. The third-order valence-corrected chi connectivity index (χ3v) is 5.47. The van der Waals surface area contributed by atoms with Gasteiger partial charge in [0.05, 0.1) is 25.8 Å². The van der Waals surface area contributed by atoms with Crippen LogP contribution in [0.4, 0.5) is 0 Å². The summed E-state index contributed by atoms with van der Waals surface area (Å²) in [6.07, 6.45) is 4.38. The minimum Gasteiger partial charge on any atom is -0.493 e. The molecule has 2 aromatic carbocycles. The van der Waals surface area contributed by atoms with Gasteiger partial charge in [-0.05, 0) is 30.5 Å². The summed E-state index contributed by atoms with van der Waals surface area (Å²) in [5.74, 6) is 1.55. The maximum Gasteiger partial charge on any atom is 0.165 e. The number of rotatable bonds is 8. The molecule has 5 nitrogen and oxygen atoms in total. The van der Waals surface area contributed by atoms with Gasteiger partial charge in [0.2, 0.25) is 0 Å². The van der Waals surface area contributed by atoms with E-state index in [0.29, 0.717) is 0 Å². The van der Waals surface area contributed by atoms with E-state index < -0.39 is 0 Å². The lowest BCUT2D eigenvalue weighted by molar-refractivity contribution is 0.0677. The Kier molecular flexibility index (Phi) is 6.27. The fourth-order valence-corrected chi connectivity index (χ4v) is 4.12. The maximum absolute atomic E-state index is 5.93. The number of ether oxygens (including phenoxy) is 3. The zero-order valence-electron chi connectivity index (χ0n) is 17.1. The molecular formula is C24H28N2O3. The largest absolute Gasteiger partial charge is 0.493 e. The highest BCUT2D eigenvalue weighted by molar-refractivity contribution is 5.81. The smallest absolute Gasteiger partial charge is 0.165 e. The van der Waals surface area contributed by atoms with Crippen molar-refractivity contribution >= 4 is 10.9 Å². The van der Waals surface area contributed by atoms with Crippen LogP contribution in [0, 0.1) is 0 Å². The van der Waals surface area contributed by atoms with Gasteiger partial charge in [0.15, 0.2) is 11.5 Å². The second kappa shape index (κ2) is 9.25. The molecule has 0 radical (unpaired) electrons. The lowest BCUT2D eigenvalue weighted by Crippen LogP contribution is -2.31. The molecule has 152 valence electrons. The van der Waals surface area contributed by atoms with Gasteiger partial charge in [-0.25, -0.2) is 0 Å². The molecule has 0 N–H and O–H groups in total. The standard InChI is InChI=1S/C24H28N2O3/c1-27-22-12-4-9-20(24(22)28-2)16-26(17-21-11-6-14-29-21)15-19-8-3-7-18-10-5-13-25-23(18)19/h3-5,7-10,12-13,21H,6,11,14-17H2,1-2H3. The summed E-state index contributed by atoms with van der Waals surface area (Å²) in [7, 11) is 3.37. The molecule has 5 heteroatoms. The minimum atomic E-state index is 0.273. The number of benzene rings is 2. The third kappa shape index (κ3) is 4.52. The fraction of sp³-hybridized carbons (Fsp3) is 0.375. The Morgan fingerprint density at radius 1 is 1.00 bits per heavy atom. The van der Waals surface area contributed by atoms with Crippen molar-refractivity contribution in [1.82, 2.24) is 9.88 Å². The topological polar surface area (TPSA) is 43.8 Å². The Morgan fingerprint density at radius 2 is 1.79 bits per heavy atom. The van der Waals surface area contributed by atoms with E-state index in [0.717, 1.165) is 61.7 Å². The summed E-state index contributed by atoms with van der Waals surface area (Å²) in [5, 5.41) is 1.17. The Labute approximate surface area is 172 Å². The van der Waals surface area contributed by atoms with Crippen LogP contribution < -0.4 is 9.47 Å². The number of hydrogen-bond acceptors (Lipinski definition) is 5. The quantitative estimate of drug-likeness (QED) is 0.567. The van der Waals surface area contributed by atoms with E-state index in [1.807, 2.05) is 24.4 Å². The molecule has 1 aromatic heterocycles. The van der Waals surface area contributed by atoms with Crippen LogP contribution in [0.25, 0.3) is 10.9 Å². The van der Waals surface area contributed by atoms with E-state index in [1.165, 1.54) is 10.9 Å². The number of para-hydroxylation sites is 2. The molecule has 1 aliphatic rings. The summed E-state index contributed by atoms with van der Waals surface area (Å²) in [4.78, 5) is 7.06. The number of hydrogen-bond donors (Lipinski definition) is 0. The van der Waals surface area contributed by atoms with Gasteiger partial charge in [-0.2, -0.15) is 0 Å². The number of pyridine rings is 1. The van der Waals surface area contributed by atoms with Crippen molar-refractivity contribution in [2.45, 2.75) is 32.0 Å². The molecule has 0 amide bonds. The second-order valence-corrected chi connectivity index (χ2v) is 7.45.